The molecule has 1 amide bonds. The summed E-state index contributed by atoms with van der Waals surface area (Å²) in [6.07, 6.45) is 0. The van der Waals surface area contributed by atoms with Gasteiger partial charge < -0.3 is 15.2 Å². The van der Waals surface area contributed by atoms with Crippen molar-refractivity contribution >= 4 is 28.9 Å². The summed E-state index contributed by atoms with van der Waals surface area (Å²) < 4.78 is 31.3. The van der Waals surface area contributed by atoms with E-state index in [1.165, 1.54) is 11.4 Å². The molecule has 0 aliphatic rings. The molecule has 2 N–H and O–H groups in total. The van der Waals surface area contributed by atoms with Crippen molar-refractivity contribution in [1.29, 1.82) is 0 Å². The second-order valence-electron chi connectivity index (χ2n) is 3.88. The first kappa shape index (κ1) is 14.9. The summed E-state index contributed by atoms with van der Waals surface area (Å²) in [5.41, 5.74) is -0.313. The molecule has 0 aliphatic carbocycles. The number of amides is 1. The van der Waals surface area contributed by atoms with Crippen molar-refractivity contribution in [3.05, 3.63) is 46.2 Å². The van der Waals surface area contributed by atoms with Crippen LogP contribution in [0.25, 0.3) is 0 Å². The molecule has 0 spiro atoms. The third-order valence-electron chi connectivity index (χ3n) is 2.38. The highest BCUT2D eigenvalue weighted by Crippen LogP contribution is 2.24. The average molecular weight is 313 g/mol. The second kappa shape index (κ2) is 6.31. The topological polar surface area (TPSA) is 75.6 Å². The lowest BCUT2D eigenvalue weighted by Crippen LogP contribution is -2.21. The van der Waals surface area contributed by atoms with Gasteiger partial charge in [-0.25, -0.2) is 13.6 Å². The third kappa shape index (κ3) is 3.76. The van der Waals surface area contributed by atoms with Gasteiger partial charge in [0.05, 0.1) is 5.69 Å². The first-order valence-corrected chi connectivity index (χ1v) is 6.54. The summed E-state index contributed by atoms with van der Waals surface area (Å²) in [7, 11) is 0. The summed E-state index contributed by atoms with van der Waals surface area (Å²) in [6.45, 7) is -0.521. The zero-order valence-corrected chi connectivity index (χ0v) is 11.2. The number of carboxylic acid groups (broad SMARTS) is 1. The number of benzene rings is 1. The van der Waals surface area contributed by atoms with Crippen LogP contribution in [-0.4, -0.2) is 23.6 Å². The minimum absolute atomic E-state index is 0.0419. The maximum atomic E-state index is 13.3. The van der Waals surface area contributed by atoms with Crippen molar-refractivity contribution < 1.29 is 28.2 Å². The Balaban J connectivity index is 1.98. The van der Waals surface area contributed by atoms with Crippen molar-refractivity contribution in [3.63, 3.8) is 0 Å². The summed E-state index contributed by atoms with van der Waals surface area (Å²) in [5.74, 6) is -3.34. The maximum absolute atomic E-state index is 13.3. The molecule has 1 heterocycles. The average Bonchev–Trinajstić information content (AvgIpc) is 2.89. The van der Waals surface area contributed by atoms with Crippen LogP contribution in [0.1, 0.15) is 9.67 Å². The van der Waals surface area contributed by atoms with Gasteiger partial charge in [-0.2, -0.15) is 0 Å². The van der Waals surface area contributed by atoms with Crippen molar-refractivity contribution in [3.8, 4) is 5.75 Å². The summed E-state index contributed by atoms with van der Waals surface area (Å²) >= 11 is 0.952. The lowest BCUT2D eigenvalue weighted by Gasteiger charge is -2.08. The van der Waals surface area contributed by atoms with Gasteiger partial charge >= 0.3 is 5.97 Å². The Labute approximate surface area is 121 Å². The van der Waals surface area contributed by atoms with E-state index in [9.17, 15) is 18.4 Å². The minimum atomic E-state index is -1.17. The van der Waals surface area contributed by atoms with Gasteiger partial charge in [-0.1, -0.05) is 0 Å². The number of anilines is 1. The summed E-state index contributed by atoms with van der Waals surface area (Å²) in [6, 6.07) is 4.05. The predicted molar refractivity (Wildman–Crippen MR) is 71.8 cm³/mol. The van der Waals surface area contributed by atoms with Crippen LogP contribution in [0, 0.1) is 11.6 Å². The lowest BCUT2D eigenvalue weighted by molar-refractivity contribution is -0.118. The van der Waals surface area contributed by atoms with E-state index < -0.39 is 30.1 Å². The van der Waals surface area contributed by atoms with Gasteiger partial charge in [0.15, 0.2) is 11.5 Å². The molecule has 110 valence electrons. The van der Waals surface area contributed by atoms with Crippen LogP contribution in [0.5, 0.6) is 5.75 Å². The Kier molecular flexibility index (Phi) is 4.49. The summed E-state index contributed by atoms with van der Waals surface area (Å²) in [4.78, 5) is 22.4. The number of carbonyl (C=O) groups is 2. The van der Waals surface area contributed by atoms with Crippen LogP contribution in [0.2, 0.25) is 0 Å². The number of hydrogen-bond acceptors (Lipinski definition) is 4. The van der Waals surface area contributed by atoms with E-state index in [1.807, 2.05) is 0 Å². The standard InChI is InChI=1S/C13H9F2NO4S/c14-7-1-2-8(15)9(5-7)16-11(17)6-20-10-3-4-21-12(10)13(18)19/h1-5H,6H2,(H,16,17)(H,18,19). The molecule has 21 heavy (non-hydrogen) atoms. The van der Waals surface area contributed by atoms with Crippen LogP contribution < -0.4 is 10.1 Å². The SMILES string of the molecule is O=C(COc1ccsc1C(=O)O)Nc1cc(F)ccc1F. The van der Waals surface area contributed by atoms with E-state index in [-0.39, 0.29) is 16.3 Å². The van der Waals surface area contributed by atoms with E-state index in [0.717, 1.165) is 29.5 Å². The highest BCUT2D eigenvalue weighted by atomic mass is 32.1. The normalized spacial score (nSPS) is 10.2. The molecular weight excluding hydrogens is 304 g/mol. The zero-order valence-electron chi connectivity index (χ0n) is 10.4. The summed E-state index contributed by atoms with van der Waals surface area (Å²) in [5, 5.41) is 12.5. The number of thiophene rings is 1. The monoisotopic (exact) mass is 313 g/mol. The Morgan fingerprint density at radius 1 is 1.29 bits per heavy atom. The lowest BCUT2D eigenvalue weighted by atomic mass is 10.3. The molecule has 0 saturated carbocycles. The van der Waals surface area contributed by atoms with Gasteiger partial charge in [-0.3, -0.25) is 4.79 Å². The largest absolute Gasteiger partial charge is 0.482 e. The fraction of sp³-hybridized carbons (Fsp3) is 0.0769. The van der Waals surface area contributed by atoms with Crippen molar-refractivity contribution in [2.75, 3.05) is 11.9 Å². The van der Waals surface area contributed by atoms with Crippen LogP contribution >= 0.6 is 11.3 Å². The number of carbonyl (C=O) groups excluding carboxylic acids is 1. The number of nitrogens with one attached hydrogen (secondary N) is 1. The van der Waals surface area contributed by atoms with Gasteiger partial charge in [0.2, 0.25) is 0 Å². The zero-order chi connectivity index (χ0) is 15.4. The first-order valence-electron chi connectivity index (χ1n) is 5.66. The van der Waals surface area contributed by atoms with Gasteiger partial charge in [-0.15, -0.1) is 11.3 Å². The van der Waals surface area contributed by atoms with Gasteiger partial charge in [-0.05, 0) is 23.6 Å². The number of halogens is 2. The van der Waals surface area contributed by atoms with Crippen LogP contribution in [0.15, 0.2) is 29.6 Å². The van der Waals surface area contributed by atoms with E-state index in [4.69, 9.17) is 9.84 Å². The predicted octanol–water partition coefficient (Wildman–Crippen LogP) is 2.74. The number of hydrogen-bond donors (Lipinski definition) is 2. The molecule has 0 saturated heterocycles. The molecule has 2 rings (SSSR count). The Morgan fingerprint density at radius 3 is 2.76 bits per heavy atom. The number of carboxylic acids is 1. The van der Waals surface area contributed by atoms with Crippen LogP contribution in [-0.2, 0) is 4.79 Å². The van der Waals surface area contributed by atoms with Gasteiger partial charge in [0.25, 0.3) is 5.91 Å². The molecule has 5 nitrogen and oxygen atoms in total. The smallest absolute Gasteiger partial charge is 0.349 e. The van der Waals surface area contributed by atoms with Crippen molar-refractivity contribution in [2.24, 2.45) is 0 Å². The molecule has 8 heteroatoms. The van der Waals surface area contributed by atoms with Crippen molar-refractivity contribution in [1.82, 2.24) is 0 Å². The molecule has 0 fully saturated rings. The van der Waals surface area contributed by atoms with Crippen LogP contribution in [0.4, 0.5) is 14.5 Å². The van der Waals surface area contributed by atoms with E-state index in [0.29, 0.717) is 0 Å². The highest BCUT2D eigenvalue weighted by Gasteiger charge is 2.15. The number of aromatic carboxylic acids is 1. The van der Waals surface area contributed by atoms with E-state index in [1.54, 1.807) is 0 Å². The maximum Gasteiger partial charge on any atom is 0.349 e. The molecule has 2 aromatic rings. The van der Waals surface area contributed by atoms with Crippen molar-refractivity contribution in [2.45, 2.75) is 0 Å². The third-order valence-corrected chi connectivity index (χ3v) is 3.27. The van der Waals surface area contributed by atoms with Crippen LogP contribution in [0.3, 0.4) is 0 Å². The molecule has 1 aromatic carbocycles. The van der Waals surface area contributed by atoms with E-state index >= 15 is 0 Å². The Hall–Kier alpha value is -2.48. The molecular formula is C13H9F2NO4S. The molecule has 0 atom stereocenters. The molecule has 0 unspecified atom stereocenters. The Morgan fingerprint density at radius 2 is 2.05 bits per heavy atom. The molecule has 1 aromatic heterocycles. The minimum Gasteiger partial charge on any atom is -0.482 e. The van der Waals surface area contributed by atoms with Gasteiger partial charge in [0.1, 0.15) is 17.4 Å². The first-order chi connectivity index (χ1) is 9.97. The second-order valence-corrected chi connectivity index (χ2v) is 4.80. The van der Waals surface area contributed by atoms with E-state index in [2.05, 4.69) is 5.32 Å². The fourth-order valence-electron chi connectivity index (χ4n) is 1.49. The highest BCUT2D eigenvalue weighted by molar-refractivity contribution is 7.12. The molecule has 0 radical (unpaired) electrons. The molecule has 0 bridgehead atoms. The fourth-order valence-corrected chi connectivity index (χ4v) is 2.16. The van der Waals surface area contributed by atoms with Gasteiger partial charge in [0, 0.05) is 6.07 Å². The molecule has 0 aliphatic heterocycles. The Bertz CT molecular complexity index is 687. The number of ether oxygens (including phenoxy) is 1. The quantitative estimate of drug-likeness (QED) is 0.890. The number of rotatable bonds is 5.